The van der Waals surface area contributed by atoms with Crippen molar-refractivity contribution in [1.82, 2.24) is 10.6 Å². The van der Waals surface area contributed by atoms with Crippen LogP contribution in [0.5, 0.6) is 5.75 Å². The molecule has 0 spiro atoms. The molecular formula is C32H29ClN2O4. The van der Waals surface area contributed by atoms with Gasteiger partial charge in [-0.2, -0.15) is 0 Å². The van der Waals surface area contributed by atoms with Crippen LogP contribution in [0.2, 0.25) is 5.02 Å². The molecule has 2 atom stereocenters. The number of hydrogen-bond acceptors (Lipinski definition) is 4. The van der Waals surface area contributed by atoms with Crippen LogP contribution in [0.15, 0.2) is 109 Å². The Balaban J connectivity index is 1.52. The van der Waals surface area contributed by atoms with E-state index in [4.69, 9.17) is 16.3 Å². The minimum Gasteiger partial charge on any atom is -0.488 e. The van der Waals surface area contributed by atoms with E-state index in [-0.39, 0.29) is 18.6 Å². The predicted octanol–water partition coefficient (Wildman–Crippen LogP) is 5.19. The lowest BCUT2D eigenvalue weighted by Gasteiger charge is -2.22. The van der Waals surface area contributed by atoms with Crippen LogP contribution in [0.25, 0.3) is 0 Å². The molecule has 0 aromatic heterocycles. The van der Waals surface area contributed by atoms with E-state index in [1.807, 2.05) is 91.0 Å². The summed E-state index contributed by atoms with van der Waals surface area (Å²) in [7, 11) is 0. The summed E-state index contributed by atoms with van der Waals surface area (Å²) in [6.45, 7) is 0.261. The number of ether oxygens (including phenoxy) is 1. The molecule has 4 rings (SSSR count). The van der Waals surface area contributed by atoms with E-state index < -0.39 is 23.9 Å². The van der Waals surface area contributed by atoms with Crippen LogP contribution in [-0.2, 0) is 29.0 Å². The molecule has 0 aliphatic carbocycles. The third kappa shape index (κ3) is 8.28. The Hall–Kier alpha value is -4.42. The number of nitrogens with one attached hydrogen (secondary N) is 2. The van der Waals surface area contributed by atoms with Crippen molar-refractivity contribution in [3.63, 3.8) is 0 Å². The summed E-state index contributed by atoms with van der Waals surface area (Å²) in [4.78, 5) is 38.7. The number of carbonyl (C=O) groups excluding carboxylic acids is 3. The summed E-state index contributed by atoms with van der Waals surface area (Å²) < 4.78 is 5.94. The van der Waals surface area contributed by atoms with Gasteiger partial charge in [0.15, 0.2) is 0 Å². The fourth-order valence-electron chi connectivity index (χ4n) is 4.12. The van der Waals surface area contributed by atoms with Gasteiger partial charge in [0, 0.05) is 11.4 Å². The van der Waals surface area contributed by atoms with Gasteiger partial charge in [0.2, 0.25) is 5.91 Å². The zero-order chi connectivity index (χ0) is 27.5. The molecule has 2 amide bonds. The first-order chi connectivity index (χ1) is 19.0. The normalized spacial score (nSPS) is 12.1. The van der Waals surface area contributed by atoms with E-state index in [2.05, 4.69) is 10.6 Å². The standard InChI is InChI=1S/C32H29ClN2O4/c33-26-16-17-30(39-22-25-14-8-3-9-15-25)28(20-26)31(37)35-29(19-24-12-6-2-7-13-24)32(38)34-27(21-36)18-23-10-4-1-5-11-23/h1-17,20-21,27,29H,18-19,22H2,(H,34,38)(H,35,37)/t27-,29-/m0/s1. The summed E-state index contributed by atoms with van der Waals surface area (Å²) in [6, 6.07) is 31.5. The zero-order valence-corrected chi connectivity index (χ0v) is 22.0. The third-order valence-electron chi connectivity index (χ3n) is 6.12. The smallest absolute Gasteiger partial charge is 0.255 e. The lowest BCUT2D eigenvalue weighted by Crippen LogP contribution is -2.51. The monoisotopic (exact) mass is 540 g/mol. The quantitative estimate of drug-likeness (QED) is 0.242. The highest BCUT2D eigenvalue weighted by Crippen LogP contribution is 2.24. The topological polar surface area (TPSA) is 84.5 Å². The predicted molar refractivity (Wildman–Crippen MR) is 152 cm³/mol. The molecule has 7 heteroatoms. The summed E-state index contributed by atoms with van der Waals surface area (Å²) in [5.41, 5.74) is 2.92. The van der Waals surface area contributed by atoms with Gasteiger partial charge in [0.25, 0.3) is 5.91 Å². The fourth-order valence-corrected chi connectivity index (χ4v) is 4.29. The first-order valence-corrected chi connectivity index (χ1v) is 13.0. The van der Waals surface area contributed by atoms with Crippen LogP contribution in [0, 0.1) is 0 Å². The summed E-state index contributed by atoms with van der Waals surface area (Å²) in [5.74, 6) is -0.633. The maximum atomic E-state index is 13.5. The second-order valence-electron chi connectivity index (χ2n) is 9.07. The highest BCUT2D eigenvalue weighted by atomic mass is 35.5. The molecule has 0 aliphatic heterocycles. The van der Waals surface area contributed by atoms with E-state index in [9.17, 15) is 14.4 Å². The van der Waals surface area contributed by atoms with Crippen molar-refractivity contribution in [2.45, 2.75) is 31.5 Å². The number of aldehydes is 1. The van der Waals surface area contributed by atoms with E-state index >= 15 is 0 Å². The first kappa shape index (κ1) is 27.6. The van der Waals surface area contributed by atoms with Gasteiger partial charge in [-0.15, -0.1) is 0 Å². The molecule has 4 aromatic carbocycles. The van der Waals surface area contributed by atoms with Gasteiger partial charge in [-0.3, -0.25) is 9.59 Å². The van der Waals surface area contributed by atoms with E-state index in [0.717, 1.165) is 16.7 Å². The van der Waals surface area contributed by atoms with Crippen molar-refractivity contribution in [3.8, 4) is 5.75 Å². The molecule has 0 aliphatic rings. The molecule has 0 saturated heterocycles. The average molecular weight is 541 g/mol. The van der Waals surface area contributed by atoms with Crippen molar-refractivity contribution in [3.05, 3.63) is 136 Å². The van der Waals surface area contributed by atoms with Crippen LogP contribution >= 0.6 is 11.6 Å². The fraction of sp³-hybridized carbons (Fsp3) is 0.156. The number of rotatable bonds is 12. The minimum absolute atomic E-state index is 0.209. The average Bonchev–Trinajstić information content (AvgIpc) is 2.97. The second-order valence-corrected chi connectivity index (χ2v) is 9.51. The number of carbonyl (C=O) groups is 3. The van der Waals surface area contributed by atoms with Crippen molar-refractivity contribution in [2.24, 2.45) is 0 Å². The van der Waals surface area contributed by atoms with Gasteiger partial charge < -0.3 is 20.2 Å². The lowest BCUT2D eigenvalue weighted by atomic mass is 10.0. The molecule has 0 fully saturated rings. The number of amides is 2. The Labute approximate surface area is 233 Å². The largest absolute Gasteiger partial charge is 0.488 e. The van der Waals surface area contributed by atoms with Gasteiger partial charge in [-0.05, 0) is 41.3 Å². The molecule has 4 aromatic rings. The maximum Gasteiger partial charge on any atom is 0.255 e. The third-order valence-corrected chi connectivity index (χ3v) is 6.35. The number of halogens is 1. The van der Waals surface area contributed by atoms with Crippen LogP contribution in [0.3, 0.4) is 0 Å². The molecule has 6 nitrogen and oxygen atoms in total. The molecule has 39 heavy (non-hydrogen) atoms. The zero-order valence-electron chi connectivity index (χ0n) is 21.3. The molecule has 0 bridgehead atoms. The summed E-state index contributed by atoms with van der Waals surface area (Å²) >= 11 is 6.22. The van der Waals surface area contributed by atoms with Crippen LogP contribution in [0.1, 0.15) is 27.0 Å². The van der Waals surface area contributed by atoms with Crippen LogP contribution in [-0.4, -0.2) is 30.2 Å². The van der Waals surface area contributed by atoms with Crippen molar-refractivity contribution in [2.75, 3.05) is 0 Å². The Morgan fingerprint density at radius 1 is 0.744 bits per heavy atom. The van der Waals surface area contributed by atoms with Gasteiger partial charge in [0.1, 0.15) is 24.7 Å². The molecular weight excluding hydrogens is 512 g/mol. The Kier molecular flexibility index (Phi) is 9.86. The van der Waals surface area contributed by atoms with Gasteiger partial charge in [-0.1, -0.05) is 103 Å². The minimum atomic E-state index is -0.945. The van der Waals surface area contributed by atoms with E-state index in [1.54, 1.807) is 12.1 Å². The maximum absolute atomic E-state index is 13.5. The number of hydrogen-bond donors (Lipinski definition) is 2. The van der Waals surface area contributed by atoms with Crippen molar-refractivity contribution < 1.29 is 19.1 Å². The SMILES string of the molecule is O=C[C@H](Cc1ccccc1)NC(=O)[C@H](Cc1ccccc1)NC(=O)c1cc(Cl)ccc1OCc1ccccc1. The lowest BCUT2D eigenvalue weighted by molar-refractivity contribution is -0.125. The van der Waals surface area contributed by atoms with Gasteiger partial charge >= 0.3 is 0 Å². The van der Waals surface area contributed by atoms with Crippen LogP contribution in [0.4, 0.5) is 0 Å². The van der Waals surface area contributed by atoms with Gasteiger partial charge in [-0.25, -0.2) is 0 Å². The highest BCUT2D eigenvalue weighted by Gasteiger charge is 2.26. The first-order valence-electron chi connectivity index (χ1n) is 12.6. The van der Waals surface area contributed by atoms with Crippen molar-refractivity contribution in [1.29, 1.82) is 0 Å². The Bertz CT molecular complexity index is 1380. The van der Waals surface area contributed by atoms with E-state index in [0.29, 0.717) is 23.5 Å². The summed E-state index contributed by atoms with van der Waals surface area (Å²) in [6.07, 6.45) is 1.28. The molecule has 2 N–H and O–H groups in total. The number of benzene rings is 4. The van der Waals surface area contributed by atoms with E-state index in [1.165, 1.54) is 6.07 Å². The molecule has 198 valence electrons. The molecule has 0 radical (unpaired) electrons. The Morgan fingerprint density at radius 2 is 1.31 bits per heavy atom. The van der Waals surface area contributed by atoms with Crippen molar-refractivity contribution >= 4 is 29.7 Å². The molecule has 0 unspecified atom stereocenters. The Morgan fingerprint density at radius 3 is 1.90 bits per heavy atom. The second kappa shape index (κ2) is 13.9. The molecule has 0 saturated carbocycles. The molecule has 0 heterocycles. The van der Waals surface area contributed by atoms with Gasteiger partial charge in [0.05, 0.1) is 11.6 Å². The van der Waals surface area contributed by atoms with Crippen LogP contribution < -0.4 is 15.4 Å². The summed E-state index contributed by atoms with van der Waals surface area (Å²) in [5, 5.41) is 5.98. The highest BCUT2D eigenvalue weighted by molar-refractivity contribution is 6.31.